The minimum absolute atomic E-state index is 0.0196. The number of aromatic carboxylic acids is 1. The molecule has 2 N–H and O–H groups in total. The number of anilines is 2. The highest BCUT2D eigenvalue weighted by molar-refractivity contribution is 6.32. The lowest BCUT2D eigenvalue weighted by molar-refractivity contribution is -0.383. The molecule has 0 fully saturated rings. The summed E-state index contributed by atoms with van der Waals surface area (Å²) >= 11 is 0. The first-order valence-corrected chi connectivity index (χ1v) is 5.83. The van der Waals surface area contributed by atoms with Crippen molar-refractivity contribution in [1.82, 2.24) is 0 Å². The third-order valence-corrected chi connectivity index (χ3v) is 2.79. The fourth-order valence-electron chi connectivity index (χ4n) is 1.78. The first-order chi connectivity index (χ1) is 9.49. The largest absolute Gasteiger partial charge is 0.478 e. The summed E-state index contributed by atoms with van der Waals surface area (Å²) in [6.45, 7) is 0. The van der Waals surface area contributed by atoms with E-state index < -0.39 is 10.9 Å². The summed E-state index contributed by atoms with van der Waals surface area (Å²) in [5.41, 5.74) is 1.20. The molecular formula is C13H11BN2O4. The second-order valence-electron chi connectivity index (χ2n) is 4.25. The molecule has 0 bridgehead atoms. The Labute approximate surface area is 115 Å². The van der Waals surface area contributed by atoms with Gasteiger partial charge in [-0.3, -0.25) is 10.1 Å². The van der Waals surface area contributed by atoms with Crippen LogP contribution in [0, 0.1) is 10.1 Å². The number of hydrogen-bond acceptors (Lipinski definition) is 4. The molecule has 0 saturated heterocycles. The van der Waals surface area contributed by atoms with Gasteiger partial charge in [0.05, 0.1) is 10.5 Å². The zero-order valence-electron chi connectivity index (χ0n) is 10.7. The fourth-order valence-corrected chi connectivity index (χ4v) is 1.78. The first-order valence-electron chi connectivity index (χ1n) is 5.83. The van der Waals surface area contributed by atoms with Crippen molar-refractivity contribution in [2.45, 2.75) is 0 Å². The zero-order chi connectivity index (χ0) is 14.7. The molecule has 0 amide bonds. The first kappa shape index (κ1) is 13.6. The van der Waals surface area contributed by atoms with Gasteiger partial charge in [-0.1, -0.05) is 23.7 Å². The Balaban J connectivity index is 2.50. The molecule has 0 saturated carbocycles. The molecule has 2 aromatic carbocycles. The number of nitrogens with zero attached hydrogens (tertiary/aromatic N) is 1. The van der Waals surface area contributed by atoms with Gasteiger partial charge in [0.1, 0.15) is 13.5 Å². The molecule has 2 aromatic rings. The third kappa shape index (κ3) is 2.77. The Kier molecular flexibility index (Phi) is 3.70. The van der Waals surface area contributed by atoms with Gasteiger partial charge in [0, 0.05) is 11.8 Å². The topological polar surface area (TPSA) is 92.5 Å². The summed E-state index contributed by atoms with van der Waals surface area (Å²) in [6.07, 6.45) is 0. The van der Waals surface area contributed by atoms with Crippen LogP contribution in [0.1, 0.15) is 10.4 Å². The van der Waals surface area contributed by atoms with Gasteiger partial charge in [-0.05, 0) is 18.2 Å². The van der Waals surface area contributed by atoms with Crippen LogP contribution in [0.4, 0.5) is 17.1 Å². The van der Waals surface area contributed by atoms with Crippen molar-refractivity contribution in [3.63, 3.8) is 0 Å². The van der Waals surface area contributed by atoms with Crippen molar-refractivity contribution in [1.29, 1.82) is 0 Å². The molecule has 0 spiro atoms. The second-order valence-corrected chi connectivity index (χ2v) is 4.25. The average molecular weight is 270 g/mol. The van der Waals surface area contributed by atoms with E-state index in [1.165, 1.54) is 18.2 Å². The van der Waals surface area contributed by atoms with Gasteiger partial charge in [0.25, 0.3) is 5.69 Å². The number of carboxylic acids is 1. The van der Waals surface area contributed by atoms with Gasteiger partial charge in [0.15, 0.2) is 0 Å². The van der Waals surface area contributed by atoms with Crippen LogP contribution < -0.4 is 10.8 Å². The monoisotopic (exact) mass is 270 g/mol. The van der Waals surface area contributed by atoms with Gasteiger partial charge in [0.2, 0.25) is 0 Å². The van der Waals surface area contributed by atoms with E-state index in [2.05, 4.69) is 5.32 Å². The molecule has 7 heteroatoms. The van der Waals surface area contributed by atoms with E-state index in [4.69, 9.17) is 5.11 Å². The summed E-state index contributed by atoms with van der Waals surface area (Å²) in [7, 11) is 1.91. The lowest BCUT2D eigenvalue weighted by Crippen LogP contribution is -2.07. The Hall–Kier alpha value is -2.83. The van der Waals surface area contributed by atoms with E-state index in [0.29, 0.717) is 5.69 Å². The Morgan fingerprint density at radius 3 is 2.40 bits per heavy atom. The van der Waals surface area contributed by atoms with E-state index in [-0.39, 0.29) is 16.9 Å². The highest BCUT2D eigenvalue weighted by Gasteiger charge is 2.21. The number of nitro groups is 1. The summed E-state index contributed by atoms with van der Waals surface area (Å²) in [5.74, 6) is -1.22. The Bertz CT molecular complexity index is 638. The Morgan fingerprint density at radius 2 is 1.85 bits per heavy atom. The lowest BCUT2D eigenvalue weighted by Gasteiger charge is -2.10. The van der Waals surface area contributed by atoms with Gasteiger partial charge in [-0.25, -0.2) is 4.79 Å². The number of hydrogen-bond donors (Lipinski definition) is 2. The molecule has 0 aliphatic heterocycles. The van der Waals surface area contributed by atoms with Crippen LogP contribution in [0.15, 0.2) is 42.5 Å². The number of carboxylic acid groups (broad SMARTS) is 1. The summed E-state index contributed by atoms with van der Waals surface area (Å²) in [6, 6.07) is 11.1. The van der Waals surface area contributed by atoms with Crippen molar-refractivity contribution in [2.75, 3.05) is 5.32 Å². The average Bonchev–Trinajstić information content (AvgIpc) is 2.41. The third-order valence-electron chi connectivity index (χ3n) is 2.79. The molecule has 0 aromatic heterocycles. The van der Waals surface area contributed by atoms with Gasteiger partial charge in [-0.15, -0.1) is 0 Å². The predicted molar refractivity (Wildman–Crippen MR) is 78.0 cm³/mol. The van der Waals surface area contributed by atoms with E-state index in [1.807, 2.05) is 20.0 Å². The molecular weight excluding hydrogens is 259 g/mol. The molecule has 0 atom stereocenters. The van der Waals surface area contributed by atoms with Crippen molar-refractivity contribution >= 4 is 36.3 Å². The smallest absolute Gasteiger partial charge is 0.338 e. The fraction of sp³-hybridized carbons (Fsp3) is 0. The van der Waals surface area contributed by atoms with Crippen molar-refractivity contribution < 1.29 is 14.8 Å². The number of carbonyl (C=O) groups is 1. The molecule has 0 unspecified atom stereocenters. The SMILES string of the molecule is Bc1ccc(Nc2c(C(=O)O)cccc2[N+](=O)[O-])cc1. The molecule has 6 nitrogen and oxygen atoms in total. The maximum absolute atomic E-state index is 11.2. The molecule has 0 aliphatic rings. The lowest BCUT2D eigenvalue weighted by atomic mass is 9.96. The van der Waals surface area contributed by atoms with Gasteiger partial charge in [-0.2, -0.15) is 0 Å². The standard InChI is InChI=1S/C13H11BN2O4/c14-8-4-6-9(7-5-8)15-12-10(13(17)18)2-1-3-11(12)16(19)20/h1-7,15H,14H2,(H,17,18). The van der Waals surface area contributed by atoms with E-state index in [0.717, 1.165) is 5.46 Å². The van der Waals surface area contributed by atoms with E-state index in [1.54, 1.807) is 12.1 Å². The van der Waals surface area contributed by atoms with Crippen molar-refractivity contribution in [2.24, 2.45) is 0 Å². The maximum atomic E-state index is 11.2. The second kappa shape index (κ2) is 5.44. The zero-order valence-corrected chi connectivity index (χ0v) is 10.7. The van der Waals surface area contributed by atoms with Crippen molar-refractivity contribution in [3.05, 3.63) is 58.1 Å². The van der Waals surface area contributed by atoms with E-state index in [9.17, 15) is 14.9 Å². The minimum Gasteiger partial charge on any atom is -0.478 e. The van der Waals surface area contributed by atoms with Crippen LogP contribution in [0.3, 0.4) is 0 Å². The maximum Gasteiger partial charge on any atom is 0.338 e. The molecule has 100 valence electrons. The molecule has 20 heavy (non-hydrogen) atoms. The highest BCUT2D eigenvalue weighted by atomic mass is 16.6. The van der Waals surface area contributed by atoms with Crippen molar-refractivity contribution in [3.8, 4) is 0 Å². The summed E-state index contributed by atoms with van der Waals surface area (Å²) in [5, 5.41) is 23.0. The number of nitro benzene ring substituents is 1. The van der Waals surface area contributed by atoms with Crippen LogP contribution in [0.25, 0.3) is 0 Å². The number of benzene rings is 2. The molecule has 0 heterocycles. The van der Waals surface area contributed by atoms with E-state index >= 15 is 0 Å². The van der Waals surface area contributed by atoms with Crippen LogP contribution in [0.2, 0.25) is 0 Å². The van der Waals surface area contributed by atoms with Crippen LogP contribution in [-0.4, -0.2) is 23.8 Å². The summed E-state index contributed by atoms with van der Waals surface area (Å²) < 4.78 is 0. The molecule has 0 radical (unpaired) electrons. The van der Waals surface area contributed by atoms with Gasteiger partial charge < -0.3 is 10.4 Å². The van der Waals surface area contributed by atoms with Crippen LogP contribution in [0.5, 0.6) is 0 Å². The van der Waals surface area contributed by atoms with Crippen LogP contribution >= 0.6 is 0 Å². The quantitative estimate of drug-likeness (QED) is 0.496. The number of para-hydroxylation sites is 1. The molecule has 0 aliphatic carbocycles. The predicted octanol–water partition coefficient (Wildman–Crippen LogP) is 1.29. The number of rotatable bonds is 4. The normalized spacial score (nSPS) is 10.0. The molecule has 2 rings (SSSR count). The highest BCUT2D eigenvalue weighted by Crippen LogP contribution is 2.31. The number of nitrogens with one attached hydrogen (secondary N) is 1. The van der Waals surface area contributed by atoms with Gasteiger partial charge >= 0.3 is 5.97 Å². The van der Waals surface area contributed by atoms with Crippen LogP contribution in [-0.2, 0) is 0 Å². The minimum atomic E-state index is -1.22. The summed E-state index contributed by atoms with van der Waals surface area (Å²) in [4.78, 5) is 21.6. The Morgan fingerprint density at radius 1 is 1.20 bits per heavy atom.